The van der Waals surface area contributed by atoms with Gasteiger partial charge in [0.1, 0.15) is 36.8 Å². The maximum Gasteiger partial charge on any atom is 0.330 e. The average molecular weight is 807 g/mol. The first kappa shape index (κ1) is 43.7. The van der Waals surface area contributed by atoms with Crippen LogP contribution in [0.15, 0.2) is 35.9 Å². The molecule has 0 spiro atoms. The van der Waals surface area contributed by atoms with Crippen molar-refractivity contribution in [3.63, 3.8) is 0 Å². The summed E-state index contributed by atoms with van der Waals surface area (Å²) in [5, 5.41) is 0. The van der Waals surface area contributed by atoms with Gasteiger partial charge in [-0.05, 0) is 155 Å². The lowest BCUT2D eigenvalue weighted by atomic mass is 9.43. The summed E-state index contributed by atoms with van der Waals surface area (Å²) < 4.78 is 34.5. The second kappa shape index (κ2) is 19.4. The molecule has 5 saturated carbocycles. The zero-order valence-corrected chi connectivity index (χ0v) is 35.3. The van der Waals surface area contributed by atoms with Gasteiger partial charge in [-0.1, -0.05) is 39.3 Å². The van der Waals surface area contributed by atoms with Gasteiger partial charge < -0.3 is 28.4 Å². The third kappa shape index (κ3) is 9.44. The molecule has 0 N–H and O–H groups in total. The Labute approximate surface area is 344 Å². The molecule has 1 aromatic rings. The van der Waals surface area contributed by atoms with Crippen LogP contribution in [0, 0.1) is 52.3 Å². The number of esters is 2. The van der Waals surface area contributed by atoms with Crippen LogP contribution in [0.3, 0.4) is 0 Å². The Morgan fingerprint density at radius 2 is 1.60 bits per heavy atom. The fourth-order valence-electron chi connectivity index (χ4n) is 12.7. The molecule has 0 aromatic heterocycles. The number of carbonyl (C=O) groups is 5. The van der Waals surface area contributed by atoms with Gasteiger partial charge in [0, 0.05) is 23.8 Å². The molecule has 5 aliphatic carbocycles. The molecule has 5 aliphatic rings. The van der Waals surface area contributed by atoms with Gasteiger partial charge in [0.25, 0.3) is 19.4 Å². The van der Waals surface area contributed by atoms with Crippen molar-refractivity contribution < 1.29 is 52.4 Å². The highest BCUT2D eigenvalue weighted by molar-refractivity contribution is 5.82. The molecule has 0 heterocycles. The van der Waals surface area contributed by atoms with E-state index in [4.69, 9.17) is 28.4 Å². The minimum absolute atomic E-state index is 0.0470. The Bertz CT molecular complexity index is 1610. The molecule has 5 fully saturated rings. The van der Waals surface area contributed by atoms with E-state index in [1.165, 1.54) is 11.6 Å². The van der Waals surface area contributed by atoms with Gasteiger partial charge in [-0.15, -0.1) is 0 Å². The summed E-state index contributed by atoms with van der Waals surface area (Å²) >= 11 is 0. The van der Waals surface area contributed by atoms with E-state index in [1.807, 2.05) is 19.1 Å². The summed E-state index contributed by atoms with van der Waals surface area (Å²) in [7, 11) is 0. The molecule has 11 nitrogen and oxygen atoms in total. The van der Waals surface area contributed by atoms with Crippen LogP contribution in [0.1, 0.15) is 124 Å². The minimum Gasteiger partial charge on any atom is -0.489 e. The zero-order valence-electron chi connectivity index (χ0n) is 35.3. The highest BCUT2D eigenvalue weighted by atomic mass is 16.6. The Hall–Kier alpha value is -3.89. The Kier molecular flexibility index (Phi) is 14.6. The first-order valence-corrected chi connectivity index (χ1v) is 22.0. The van der Waals surface area contributed by atoms with Gasteiger partial charge >= 0.3 is 11.9 Å². The van der Waals surface area contributed by atoms with Gasteiger partial charge in [0.2, 0.25) is 0 Å². The molecule has 320 valence electrons. The second-order valence-electron chi connectivity index (χ2n) is 18.6. The van der Waals surface area contributed by atoms with Crippen LogP contribution < -0.4 is 4.74 Å². The van der Waals surface area contributed by atoms with E-state index in [1.54, 1.807) is 6.92 Å². The van der Waals surface area contributed by atoms with Crippen molar-refractivity contribution in [2.45, 2.75) is 149 Å². The van der Waals surface area contributed by atoms with Crippen LogP contribution in [0.25, 0.3) is 0 Å². The number of rotatable bonds is 18. The standard InChI is InChI=1S/C47H66O11/c1-6-53-44(52)21-30(2)26-54-35-14-12-32(13-15-35)22-33-9-7-8-10-40(33)58-43(51)18-11-31(3)37-16-17-38-45-39(25-42(57-29-50)47(37,38)5)46(4)20-19-36(55-27-48)23-34(46)24-41(45)56-28-49/h12-15,21,27-29,31,33-34,36-42,45H,6-11,16-20,22-26H2,1-5H3/b30-21+/t31-,33-,34+,36-,37-,38+,39+,40+,41-,42+,45+,46+,47-/m1/s1. The largest absolute Gasteiger partial charge is 0.489 e. The van der Waals surface area contributed by atoms with Crippen molar-refractivity contribution >= 4 is 31.4 Å². The topological polar surface area (TPSA) is 141 Å². The first-order chi connectivity index (χ1) is 27.9. The molecule has 58 heavy (non-hydrogen) atoms. The van der Waals surface area contributed by atoms with Gasteiger partial charge in [-0.25, -0.2) is 4.79 Å². The maximum absolute atomic E-state index is 13.5. The van der Waals surface area contributed by atoms with Crippen LogP contribution in [0.2, 0.25) is 0 Å². The number of benzene rings is 1. The molecule has 0 radical (unpaired) electrons. The zero-order chi connectivity index (χ0) is 41.5. The molecule has 0 unspecified atom stereocenters. The van der Waals surface area contributed by atoms with Crippen LogP contribution in [-0.2, 0) is 54.1 Å². The quantitative estimate of drug-likeness (QED) is 0.0615. The molecule has 0 bridgehead atoms. The summed E-state index contributed by atoms with van der Waals surface area (Å²) in [6.45, 7) is 12.9. The Balaban J connectivity index is 1.06. The van der Waals surface area contributed by atoms with Crippen molar-refractivity contribution in [2.75, 3.05) is 13.2 Å². The van der Waals surface area contributed by atoms with E-state index in [9.17, 15) is 24.0 Å². The van der Waals surface area contributed by atoms with E-state index < -0.39 is 0 Å². The third-order valence-corrected chi connectivity index (χ3v) is 15.6. The lowest BCUT2D eigenvalue weighted by Gasteiger charge is -2.64. The van der Waals surface area contributed by atoms with E-state index in [0.717, 1.165) is 82.0 Å². The van der Waals surface area contributed by atoms with Crippen LogP contribution in [0.4, 0.5) is 0 Å². The van der Waals surface area contributed by atoms with Gasteiger partial charge in [-0.2, -0.15) is 0 Å². The number of hydrogen-bond acceptors (Lipinski definition) is 11. The molecule has 0 aliphatic heterocycles. The molecule has 0 saturated heterocycles. The van der Waals surface area contributed by atoms with Gasteiger partial charge in [-0.3, -0.25) is 19.2 Å². The monoisotopic (exact) mass is 806 g/mol. The predicted octanol–water partition coefficient (Wildman–Crippen LogP) is 8.14. The summed E-state index contributed by atoms with van der Waals surface area (Å²) in [4.78, 5) is 60.5. The highest BCUT2D eigenvalue weighted by Gasteiger charge is 2.67. The summed E-state index contributed by atoms with van der Waals surface area (Å²) in [6.07, 6.45) is 12.4. The number of fused-ring (bicyclic) bond motifs is 5. The SMILES string of the molecule is CCOC(=O)/C=C(\C)COc1ccc(C[C@H]2CCCC[C@@H]2OC(=O)CC[C@@H](C)[C@H]2CC[C@H]3[C@@H]4[C@H](OC=O)C[C@@H]5C[C@H](OC=O)CC[C@]5(C)[C@H]4C[C@H](OC=O)[C@]23C)cc1. The van der Waals surface area contributed by atoms with Gasteiger partial charge in [0.15, 0.2) is 0 Å². The third-order valence-electron chi connectivity index (χ3n) is 15.6. The Morgan fingerprint density at radius 3 is 2.33 bits per heavy atom. The molecule has 0 amide bonds. The van der Waals surface area contributed by atoms with E-state index >= 15 is 0 Å². The van der Waals surface area contributed by atoms with Crippen molar-refractivity contribution in [2.24, 2.45) is 52.3 Å². The smallest absolute Gasteiger partial charge is 0.330 e. The normalized spacial score (nSPS) is 36.1. The molecular weight excluding hydrogens is 741 g/mol. The lowest BCUT2D eigenvalue weighted by molar-refractivity contribution is -0.218. The van der Waals surface area contributed by atoms with Crippen molar-refractivity contribution in [1.29, 1.82) is 0 Å². The predicted molar refractivity (Wildman–Crippen MR) is 215 cm³/mol. The fourth-order valence-corrected chi connectivity index (χ4v) is 12.7. The first-order valence-electron chi connectivity index (χ1n) is 22.0. The lowest BCUT2D eigenvalue weighted by Crippen LogP contribution is -2.63. The number of hydrogen-bond donors (Lipinski definition) is 0. The molecule has 1 aromatic carbocycles. The van der Waals surface area contributed by atoms with Crippen LogP contribution >= 0.6 is 0 Å². The second-order valence-corrected chi connectivity index (χ2v) is 18.6. The fraction of sp³-hybridized carbons (Fsp3) is 0.723. The average Bonchev–Trinajstić information content (AvgIpc) is 3.56. The molecule has 11 heteroatoms. The summed E-state index contributed by atoms with van der Waals surface area (Å²) in [5.41, 5.74) is 1.57. The van der Waals surface area contributed by atoms with E-state index in [0.29, 0.717) is 51.9 Å². The van der Waals surface area contributed by atoms with Crippen molar-refractivity contribution in [1.82, 2.24) is 0 Å². The molecule has 6 rings (SSSR count). The Morgan fingerprint density at radius 1 is 0.862 bits per heavy atom. The van der Waals surface area contributed by atoms with E-state index in [-0.39, 0.29) is 88.6 Å². The van der Waals surface area contributed by atoms with Crippen LogP contribution in [-0.4, -0.2) is 69.0 Å². The van der Waals surface area contributed by atoms with Crippen molar-refractivity contribution in [3.05, 3.63) is 41.5 Å². The number of ether oxygens (including phenoxy) is 6. The van der Waals surface area contributed by atoms with E-state index in [2.05, 4.69) is 32.9 Å². The van der Waals surface area contributed by atoms with Gasteiger partial charge in [0.05, 0.1) is 6.61 Å². The highest BCUT2D eigenvalue weighted by Crippen LogP contribution is 2.69. The summed E-state index contributed by atoms with van der Waals surface area (Å²) in [6, 6.07) is 8.02. The minimum atomic E-state index is -0.369. The molecule has 13 atom stereocenters. The van der Waals surface area contributed by atoms with Crippen molar-refractivity contribution in [3.8, 4) is 5.75 Å². The maximum atomic E-state index is 13.5. The number of carbonyl (C=O) groups excluding carboxylic acids is 5. The van der Waals surface area contributed by atoms with Crippen LogP contribution in [0.5, 0.6) is 5.75 Å². The summed E-state index contributed by atoms with van der Waals surface area (Å²) in [5.74, 6) is 1.64. The molecular formula is C47H66O11.